The molecular formula is C27H38N6O8. The number of hydrogen-bond donors (Lipinski definition) is 8. The molecule has 2 amide bonds. The highest BCUT2D eigenvalue weighted by Crippen LogP contribution is 2.29. The highest BCUT2D eigenvalue weighted by Gasteiger charge is 2.48. The van der Waals surface area contributed by atoms with E-state index >= 15 is 0 Å². The number of carbonyl (C=O) groups excluding carboxylic acids is 2. The van der Waals surface area contributed by atoms with Gasteiger partial charge in [-0.15, -0.1) is 0 Å². The number of hydrogen-bond acceptors (Lipinski definition) is 12. The van der Waals surface area contributed by atoms with E-state index in [2.05, 4.69) is 10.3 Å². The monoisotopic (exact) mass is 574 g/mol. The molecule has 11 N–H and O–H groups in total. The van der Waals surface area contributed by atoms with Crippen LogP contribution in [0.4, 0.5) is 5.69 Å². The van der Waals surface area contributed by atoms with Crippen molar-refractivity contribution < 1.29 is 39.5 Å². The molecule has 1 unspecified atom stereocenters. The second kappa shape index (κ2) is 13.3. The molecule has 4 rings (SSSR count). The van der Waals surface area contributed by atoms with Crippen LogP contribution in [-0.4, -0.2) is 105 Å². The van der Waals surface area contributed by atoms with Crippen molar-refractivity contribution in [2.24, 2.45) is 17.2 Å². The molecule has 1 aromatic heterocycles. The molecule has 0 bridgehead atoms. The van der Waals surface area contributed by atoms with Crippen molar-refractivity contribution in [3.05, 3.63) is 60.4 Å². The molecule has 14 nitrogen and oxygen atoms in total. The zero-order valence-corrected chi connectivity index (χ0v) is 22.5. The topological polar surface area (TPSA) is 240 Å². The summed E-state index contributed by atoms with van der Waals surface area (Å²) in [5.41, 5.74) is 18.9. The van der Waals surface area contributed by atoms with Crippen molar-refractivity contribution in [3.63, 3.8) is 0 Å². The predicted octanol–water partition coefficient (Wildman–Crippen LogP) is -2.77. The third kappa shape index (κ3) is 6.72. The molecule has 41 heavy (non-hydrogen) atoms. The molecule has 0 radical (unpaired) electrons. The van der Waals surface area contributed by atoms with Gasteiger partial charge in [0, 0.05) is 49.2 Å². The summed E-state index contributed by atoms with van der Waals surface area (Å²) in [6.07, 6.45) is -6.28. The number of anilines is 1. The fourth-order valence-corrected chi connectivity index (χ4v) is 5.22. The van der Waals surface area contributed by atoms with Gasteiger partial charge in [0.25, 0.3) is 0 Å². The van der Waals surface area contributed by atoms with Crippen LogP contribution in [0.15, 0.2) is 54.9 Å². The van der Waals surface area contributed by atoms with Gasteiger partial charge in [0.15, 0.2) is 6.29 Å². The third-order valence-electron chi connectivity index (χ3n) is 7.49. The quantitative estimate of drug-likeness (QED) is 0.160. The molecule has 2 fully saturated rings. The summed E-state index contributed by atoms with van der Waals surface area (Å²) in [7, 11) is 0. The molecule has 1 saturated heterocycles. The van der Waals surface area contributed by atoms with Gasteiger partial charge in [-0.1, -0.05) is 24.3 Å². The molecule has 1 aromatic carbocycles. The Bertz CT molecular complexity index is 1160. The molecule has 224 valence electrons. The molecular weight excluding hydrogens is 536 g/mol. The van der Waals surface area contributed by atoms with Crippen LogP contribution in [0, 0.1) is 0 Å². The number of nitrogens with zero attached hydrogens (tertiary/aromatic N) is 2. The van der Waals surface area contributed by atoms with Crippen LogP contribution in [0.2, 0.25) is 0 Å². The third-order valence-corrected chi connectivity index (χ3v) is 7.49. The Morgan fingerprint density at radius 1 is 1.02 bits per heavy atom. The van der Waals surface area contributed by atoms with Crippen molar-refractivity contribution in [1.29, 1.82) is 0 Å². The van der Waals surface area contributed by atoms with E-state index in [4.69, 9.17) is 26.7 Å². The lowest BCUT2D eigenvalue weighted by Gasteiger charge is -2.46. The molecule has 2 heterocycles. The Hall–Kier alpha value is -3.05. The summed E-state index contributed by atoms with van der Waals surface area (Å²) in [5.74, 6) is -0.996. The van der Waals surface area contributed by atoms with Crippen LogP contribution >= 0.6 is 0 Å². The van der Waals surface area contributed by atoms with Gasteiger partial charge in [0.2, 0.25) is 11.8 Å². The lowest BCUT2D eigenvalue weighted by molar-refractivity contribution is -0.288. The maximum absolute atomic E-state index is 13.6. The van der Waals surface area contributed by atoms with Crippen LogP contribution in [-0.2, 0) is 19.1 Å². The molecule has 1 aliphatic carbocycles. The average molecular weight is 575 g/mol. The van der Waals surface area contributed by atoms with Crippen LogP contribution in [0.25, 0.3) is 0 Å². The Morgan fingerprint density at radius 3 is 2.37 bits per heavy atom. The minimum atomic E-state index is -1.52. The van der Waals surface area contributed by atoms with E-state index in [1.54, 1.807) is 42.5 Å². The molecule has 0 spiro atoms. The first-order valence-corrected chi connectivity index (χ1v) is 13.3. The minimum absolute atomic E-state index is 0.152. The van der Waals surface area contributed by atoms with Crippen LogP contribution < -0.4 is 27.4 Å². The number of pyridine rings is 1. The minimum Gasteiger partial charge on any atom is -0.389 e. The van der Waals surface area contributed by atoms with Gasteiger partial charge in [-0.2, -0.15) is 0 Å². The second-order valence-corrected chi connectivity index (χ2v) is 10.4. The summed E-state index contributed by atoms with van der Waals surface area (Å²) < 4.78 is 11.6. The average Bonchev–Trinajstić information content (AvgIpc) is 2.96. The maximum atomic E-state index is 13.6. The van der Waals surface area contributed by atoms with E-state index in [1.165, 1.54) is 24.2 Å². The van der Waals surface area contributed by atoms with Crippen LogP contribution in [0.3, 0.4) is 0 Å². The maximum Gasteiger partial charge on any atom is 0.247 e. The summed E-state index contributed by atoms with van der Waals surface area (Å²) >= 11 is 0. The SMILES string of the molecule is CC(=O)N(c1ccccc1)C(C(=O)NC[C@H]1O[C@H](O[C@H]2[C@H](O)[C@@H](O)[C@H](N)C[C@@H]2N)[C@H](N)[C@@H](O)[C@@H]1O)c1cccnc1. The largest absolute Gasteiger partial charge is 0.389 e. The Morgan fingerprint density at radius 2 is 1.73 bits per heavy atom. The summed E-state index contributed by atoms with van der Waals surface area (Å²) in [6, 6.07) is 8.07. The van der Waals surface area contributed by atoms with Crippen molar-refractivity contribution in [3.8, 4) is 0 Å². The number of para-hydroxylation sites is 1. The zero-order valence-electron chi connectivity index (χ0n) is 22.5. The number of aliphatic hydroxyl groups is 4. The Kier molecular flexibility index (Phi) is 10.0. The van der Waals surface area contributed by atoms with Gasteiger partial charge in [-0.3, -0.25) is 19.5 Å². The standard InChI is InChI=1S/C27H38N6O8/c1-13(34)33(15-7-3-2-4-8-15)20(14-6-5-9-31-11-14)26(39)32-12-18-22(36)23(37)19(30)27(40-18)41-25-17(29)10-16(28)21(35)24(25)38/h2-9,11,16-25,27,35-38H,10,12,28-30H2,1H3,(H,32,39)/t16-,17+,18-,19-,20?,21+,22-,23-,24-,25-,27-/m1/s1. The number of nitrogens with one attached hydrogen (secondary N) is 1. The molecule has 14 heteroatoms. The van der Waals surface area contributed by atoms with Crippen molar-refractivity contribution in [2.45, 2.75) is 80.4 Å². The van der Waals surface area contributed by atoms with E-state index in [0.717, 1.165) is 0 Å². The van der Waals surface area contributed by atoms with Gasteiger partial charge >= 0.3 is 0 Å². The van der Waals surface area contributed by atoms with Gasteiger partial charge < -0.3 is 52.4 Å². The number of carbonyl (C=O) groups is 2. The fourth-order valence-electron chi connectivity index (χ4n) is 5.22. The number of aliphatic hydroxyl groups excluding tert-OH is 4. The predicted molar refractivity (Wildman–Crippen MR) is 146 cm³/mol. The van der Waals surface area contributed by atoms with Crippen LogP contribution in [0.5, 0.6) is 0 Å². The van der Waals surface area contributed by atoms with Gasteiger partial charge in [0.1, 0.15) is 36.6 Å². The van der Waals surface area contributed by atoms with Crippen molar-refractivity contribution in [2.75, 3.05) is 11.4 Å². The van der Waals surface area contributed by atoms with E-state index < -0.39 is 78.9 Å². The van der Waals surface area contributed by atoms with Crippen molar-refractivity contribution >= 4 is 17.5 Å². The number of rotatable bonds is 8. The lowest BCUT2D eigenvalue weighted by atomic mass is 9.84. The first-order chi connectivity index (χ1) is 19.5. The number of ether oxygens (including phenoxy) is 2. The van der Waals surface area contributed by atoms with E-state index in [1.807, 2.05) is 0 Å². The molecule has 2 aromatic rings. The lowest BCUT2D eigenvalue weighted by Crippen LogP contribution is -2.67. The molecule has 1 aliphatic heterocycles. The highest BCUT2D eigenvalue weighted by atomic mass is 16.7. The molecule has 1 saturated carbocycles. The first kappa shape index (κ1) is 30.9. The number of amides is 2. The number of nitrogens with two attached hydrogens (primary N) is 3. The smallest absolute Gasteiger partial charge is 0.247 e. The first-order valence-electron chi connectivity index (χ1n) is 13.3. The molecule has 11 atom stereocenters. The van der Waals surface area contributed by atoms with E-state index in [-0.39, 0.29) is 13.0 Å². The molecule has 2 aliphatic rings. The summed E-state index contributed by atoms with van der Waals surface area (Å²) in [5, 5.41) is 44.7. The summed E-state index contributed by atoms with van der Waals surface area (Å²) in [4.78, 5) is 31.8. The van der Waals surface area contributed by atoms with Crippen LogP contribution in [0.1, 0.15) is 24.9 Å². The number of benzene rings is 1. The van der Waals surface area contributed by atoms with E-state index in [0.29, 0.717) is 11.3 Å². The Labute approximate surface area is 237 Å². The van der Waals surface area contributed by atoms with Crippen molar-refractivity contribution in [1.82, 2.24) is 10.3 Å². The fraction of sp³-hybridized carbons (Fsp3) is 0.519. The van der Waals surface area contributed by atoms with Gasteiger partial charge in [-0.05, 0) is 24.6 Å². The van der Waals surface area contributed by atoms with Gasteiger partial charge in [-0.25, -0.2) is 0 Å². The highest BCUT2D eigenvalue weighted by molar-refractivity contribution is 6.00. The normalized spacial score (nSPS) is 34.4. The van der Waals surface area contributed by atoms with Gasteiger partial charge in [0.05, 0.1) is 12.1 Å². The zero-order chi connectivity index (χ0) is 29.8. The second-order valence-electron chi connectivity index (χ2n) is 10.4. The number of aromatic nitrogens is 1. The Balaban J connectivity index is 1.51. The van der Waals surface area contributed by atoms with E-state index in [9.17, 15) is 30.0 Å². The summed E-state index contributed by atoms with van der Waals surface area (Å²) in [6.45, 7) is 1.04.